The quantitative estimate of drug-likeness (QED) is 0.832. The van der Waals surface area contributed by atoms with Crippen LogP contribution in [0.1, 0.15) is 6.92 Å². The molecule has 3 N–H and O–H groups in total. The summed E-state index contributed by atoms with van der Waals surface area (Å²) in [5, 5.41) is 9.99. The second-order valence-electron chi connectivity index (χ2n) is 4.45. The van der Waals surface area contributed by atoms with Crippen LogP contribution in [0.4, 0.5) is 0 Å². The van der Waals surface area contributed by atoms with Crippen molar-refractivity contribution in [3.05, 3.63) is 42.7 Å². The molecule has 1 heterocycles. The van der Waals surface area contributed by atoms with Gasteiger partial charge in [0.05, 0.1) is 12.1 Å². The van der Waals surface area contributed by atoms with Crippen molar-refractivity contribution in [3.8, 4) is 11.4 Å². The van der Waals surface area contributed by atoms with E-state index >= 15 is 0 Å². The monoisotopic (exact) mass is 231 g/mol. The lowest BCUT2D eigenvalue weighted by Gasteiger charge is -2.22. The highest BCUT2D eigenvalue weighted by molar-refractivity contribution is 5.55. The normalized spacial score (nSPS) is 14.5. The van der Waals surface area contributed by atoms with Crippen molar-refractivity contribution in [3.63, 3.8) is 0 Å². The van der Waals surface area contributed by atoms with Gasteiger partial charge in [0.15, 0.2) is 0 Å². The van der Waals surface area contributed by atoms with E-state index in [2.05, 4.69) is 4.98 Å². The number of hydrogen-bond donors (Lipinski definition) is 2. The van der Waals surface area contributed by atoms with Gasteiger partial charge in [-0.25, -0.2) is 4.98 Å². The minimum Gasteiger partial charge on any atom is -0.387 e. The summed E-state index contributed by atoms with van der Waals surface area (Å²) in [5.74, 6) is 0.847. The Balaban J connectivity index is 2.30. The lowest BCUT2D eigenvalue weighted by molar-refractivity contribution is 0.0512. The van der Waals surface area contributed by atoms with Crippen LogP contribution in [0.3, 0.4) is 0 Å². The maximum Gasteiger partial charge on any atom is 0.139 e. The second kappa shape index (κ2) is 4.69. The molecular weight excluding hydrogens is 214 g/mol. The SMILES string of the molecule is CC(O)(CN)Cn1ccnc1-c1ccccc1. The van der Waals surface area contributed by atoms with E-state index in [0.29, 0.717) is 6.54 Å². The third-order valence-corrected chi connectivity index (χ3v) is 2.70. The molecule has 1 unspecified atom stereocenters. The Morgan fingerprint density at radius 3 is 2.71 bits per heavy atom. The van der Waals surface area contributed by atoms with Gasteiger partial charge in [-0.15, -0.1) is 0 Å². The number of aromatic nitrogens is 2. The summed E-state index contributed by atoms with van der Waals surface area (Å²) in [5.41, 5.74) is 5.65. The highest BCUT2D eigenvalue weighted by Gasteiger charge is 2.20. The summed E-state index contributed by atoms with van der Waals surface area (Å²) < 4.78 is 1.92. The van der Waals surface area contributed by atoms with Crippen LogP contribution in [0, 0.1) is 0 Å². The molecule has 0 aliphatic rings. The molecule has 0 aliphatic carbocycles. The molecule has 17 heavy (non-hydrogen) atoms. The maximum atomic E-state index is 9.99. The van der Waals surface area contributed by atoms with Gasteiger partial charge >= 0.3 is 0 Å². The molecule has 1 atom stereocenters. The summed E-state index contributed by atoms with van der Waals surface area (Å²) in [6, 6.07) is 9.89. The Bertz CT molecular complexity index is 476. The first kappa shape index (κ1) is 11.8. The highest BCUT2D eigenvalue weighted by atomic mass is 16.3. The average molecular weight is 231 g/mol. The van der Waals surface area contributed by atoms with E-state index in [1.807, 2.05) is 41.1 Å². The van der Waals surface area contributed by atoms with E-state index in [1.54, 1.807) is 13.1 Å². The molecule has 0 saturated heterocycles. The number of nitrogens with zero attached hydrogens (tertiary/aromatic N) is 2. The smallest absolute Gasteiger partial charge is 0.139 e. The first-order chi connectivity index (χ1) is 8.12. The van der Waals surface area contributed by atoms with Gasteiger partial charge in [0.25, 0.3) is 0 Å². The summed E-state index contributed by atoms with van der Waals surface area (Å²) in [6.07, 6.45) is 3.58. The molecule has 2 rings (SSSR count). The molecule has 1 aromatic carbocycles. The number of nitrogens with two attached hydrogens (primary N) is 1. The lowest BCUT2D eigenvalue weighted by atomic mass is 10.1. The maximum absolute atomic E-state index is 9.99. The first-order valence-corrected chi connectivity index (χ1v) is 5.61. The molecule has 2 aromatic rings. The fraction of sp³-hybridized carbons (Fsp3) is 0.308. The second-order valence-corrected chi connectivity index (χ2v) is 4.45. The van der Waals surface area contributed by atoms with Crippen LogP contribution in [0.5, 0.6) is 0 Å². The third-order valence-electron chi connectivity index (χ3n) is 2.70. The number of aliphatic hydroxyl groups is 1. The fourth-order valence-corrected chi connectivity index (χ4v) is 1.72. The van der Waals surface area contributed by atoms with Crippen LogP contribution in [0.25, 0.3) is 11.4 Å². The summed E-state index contributed by atoms with van der Waals surface area (Å²) >= 11 is 0. The van der Waals surface area contributed by atoms with Crippen LogP contribution in [-0.2, 0) is 6.54 Å². The number of hydrogen-bond acceptors (Lipinski definition) is 3. The minimum atomic E-state index is -0.912. The zero-order valence-corrected chi connectivity index (χ0v) is 9.87. The number of benzene rings is 1. The van der Waals surface area contributed by atoms with Crippen molar-refractivity contribution < 1.29 is 5.11 Å². The first-order valence-electron chi connectivity index (χ1n) is 5.61. The zero-order valence-electron chi connectivity index (χ0n) is 9.87. The van der Waals surface area contributed by atoms with Gasteiger partial charge in [-0.2, -0.15) is 0 Å². The van der Waals surface area contributed by atoms with Gasteiger partial charge in [0.1, 0.15) is 5.82 Å². The average Bonchev–Trinajstić information content (AvgIpc) is 2.77. The zero-order chi connectivity index (χ0) is 12.3. The Kier molecular flexibility index (Phi) is 3.26. The molecular formula is C13H17N3O. The summed E-state index contributed by atoms with van der Waals surface area (Å²) in [6.45, 7) is 2.38. The van der Waals surface area contributed by atoms with Crippen LogP contribution < -0.4 is 5.73 Å². The Hall–Kier alpha value is -1.65. The minimum absolute atomic E-state index is 0.222. The van der Waals surface area contributed by atoms with Crippen LogP contribution in [0.2, 0.25) is 0 Å². The van der Waals surface area contributed by atoms with Gasteiger partial charge in [-0.05, 0) is 6.92 Å². The standard InChI is InChI=1S/C13H17N3O/c1-13(17,9-14)10-16-8-7-15-12(16)11-5-3-2-4-6-11/h2-8,17H,9-10,14H2,1H3. The van der Waals surface area contributed by atoms with E-state index in [-0.39, 0.29) is 6.54 Å². The molecule has 0 spiro atoms. The molecule has 0 fully saturated rings. The van der Waals surface area contributed by atoms with E-state index in [9.17, 15) is 5.11 Å². The summed E-state index contributed by atoms with van der Waals surface area (Å²) in [4.78, 5) is 4.32. The van der Waals surface area contributed by atoms with Gasteiger partial charge in [-0.3, -0.25) is 0 Å². The molecule has 0 aliphatic heterocycles. The molecule has 4 nitrogen and oxygen atoms in total. The largest absolute Gasteiger partial charge is 0.387 e. The Morgan fingerprint density at radius 2 is 2.06 bits per heavy atom. The van der Waals surface area contributed by atoms with Crippen molar-refractivity contribution in [2.45, 2.75) is 19.1 Å². The topological polar surface area (TPSA) is 64.1 Å². The van der Waals surface area contributed by atoms with E-state index < -0.39 is 5.60 Å². The highest BCUT2D eigenvalue weighted by Crippen LogP contribution is 2.18. The van der Waals surface area contributed by atoms with Crippen LogP contribution in [-0.4, -0.2) is 26.8 Å². The van der Waals surface area contributed by atoms with Crippen LogP contribution >= 0.6 is 0 Å². The summed E-state index contributed by atoms with van der Waals surface area (Å²) in [7, 11) is 0. The van der Waals surface area contributed by atoms with E-state index in [0.717, 1.165) is 11.4 Å². The molecule has 90 valence electrons. The molecule has 1 aromatic heterocycles. The van der Waals surface area contributed by atoms with Crippen molar-refractivity contribution in [2.24, 2.45) is 5.73 Å². The number of imidazole rings is 1. The molecule has 0 amide bonds. The van der Waals surface area contributed by atoms with Gasteiger partial charge in [0.2, 0.25) is 0 Å². The predicted molar refractivity (Wildman–Crippen MR) is 67.3 cm³/mol. The van der Waals surface area contributed by atoms with Gasteiger partial charge < -0.3 is 15.4 Å². The van der Waals surface area contributed by atoms with Crippen molar-refractivity contribution >= 4 is 0 Å². The Labute approximate surface area is 101 Å². The van der Waals surface area contributed by atoms with E-state index in [1.165, 1.54) is 0 Å². The van der Waals surface area contributed by atoms with Crippen LogP contribution in [0.15, 0.2) is 42.7 Å². The molecule has 0 bridgehead atoms. The van der Waals surface area contributed by atoms with Crippen molar-refractivity contribution in [1.82, 2.24) is 9.55 Å². The third kappa shape index (κ3) is 2.72. The Morgan fingerprint density at radius 1 is 1.35 bits per heavy atom. The molecule has 0 radical (unpaired) electrons. The molecule has 4 heteroatoms. The van der Waals surface area contributed by atoms with E-state index in [4.69, 9.17) is 5.73 Å². The van der Waals surface area contributed by atoms with Crippen molar-refractivity contribution in [2.75, 3.05) is 6.54 Å². The van der Waals surface area contributed by atoms with Gasteiger partial charge in [0, 0.05) is 24.5 Å². The molecule has 0 saturated carbocycles. The van der Waals surface area contributed by atoms with Crippen molar-refractivity contribution in [1.29, 1.82) is 0 Å². The predicted octanol–water partition coefficient (Wildman–Crippen LogP) is 1.26. The van der Waals surface area contributed by atoms with Gasteiger partial charge in [-0.1, -0.05) is 30.3 Å². The fourth-order valence-electron chi connectivity index (χ4n) is 1.72. The number of rotatable bonds is 4. The lowest BCUT2D eigenvalue weighted by Crippen LogP contribution is -2.38.